The summed E-state index contributed by atoms with van der Waals surface area (Å²) in [6.45, 7) is 3.32. The maximum absolute atomic E-state index is 5.54. The van der Waals surface area contributed by atoms with Crippen LogP contribution in [0.2, 0.25) is 0 Å². The van der Waals surface area contributed by atoms with Gasteiger partial charge in [-0.25, -0.2) is 4.98 Å². The summed E-state index contributed by atoms with van der Waals surface area (Å²) < 4.78 is 12.8. The van der Waals surface area contributed by atoms with Gasteiger partial charge in [0.1, 0.15) is 11.5 Å². The first kappa shape index (κ1) is 13.4. The fourth-order valence-electron chi connectivity index (χ4n) is 2.13. The SMILES string of the molecule is COc1ccc(-c2cn(CCN)cn2)c(OC)c1C. The summed E-state index contributed by atoms with van der Waals surface area (Å²) in [5, 5.41) is 0. The first-order valence-corrected chi connectivity index (χ1v) is 6.15. The fraction of sp³-hybridized carbons (Fsp3) is 0.357. The predicted octanol–water partition coefficient (Wildman–Crippen LogP) is 1.83. The van der Waals surface area contributed by atoms with E-state index in [1.54, 1.807) is 20.5 Å². The minimum atomic E-state index is 0.592. The van der Waals surface area contributed by atoms with Crippen LogP contribution in [-0.2, 0) is 6.54 Å². The van der Waals surface area contributed by atoms with Gasteiger partial charge in [0.15, 0.2) is 0 Å². The van der Waals surface area contributed by atoms with Crippen molar-refractivity contribution in [3.05, 3.63) is 30.2 Å². The number of methoxy groups -OCH3 is 2. The molecule has 0 atom stereocenters. The van der Waals surface area contributed by atoms with E-state index in [0.29, 0.717) is 6.54 Å². The van der Waals surface area contributed by atoms with E-state index < -0.39 is 0 Å². The number of hydrogen-bond donors (Lipinski definition) is 1. The van der Waals surface area contributed by atoms with Crippen molar-refractivity contribution in [2.75, 3.05) is 20.8 Å². The fourth-order valence-corrected chi connectivity index (χ4v) is 2.13. The molecular weight excluding hydrogens is 242 g/mol. The Bertz CT molecular complexity index is 564. The largest absolute Gasteiger partial charge is 0.496 e. The topological polar surface area (TPSA) is 62.3 Å². The predicted molar refractivity (Wildman–Crippen MR) is 74.6 cm³/mol. The lowest BCUT2D eigenvalue weighted by Crippen LogP contribution is -2.07. The molecule has 5 heteroatoms. The van der Waals surface area contributed by atoms with E-state index in [9.17, 15) is 0 Å². The summed E-state index contributed by atoms with van der Waals surface area (Å²) in [7, 11) is 3.31. The maximum Gasteiger partial charge on any atom is 0.134 e. The number of hydrogen-bond acceptors (Lipinski definition) is 4. The molecule has 0 saturated heterocycles. The van der Waals surface area contributed by atoms with Crippen molar-refractivity contribution in [2.24, 2.45) is 5.73 Å². The van der Waals surface area contributed by atoms with Crippen LogP contribution in [0.1, 0.15) is 5.56 Å². The van der Waals surface area contributed by atoms with E-state index in [0.717, 1.165) is 34.9 Å². The van der Waals surface area contributed by atoms with Crippen molar-refractivity contribution in [2.45, 2.75) is 13.5 Å². The average Bonchev–Trinajstić information content (AvgIpc) is 2.87. The monoisotopic (exact) mass is 261 g/mol. The molecule has 0 aliphatic rings. The molecule has 0 spiro atoms. The van der Waals surface area contributed by atoms with Gasteiger partial charge in [0.05, 0.1) is 26.2 Å². The molecule has 2 N–H and O–H groups in total. The maximum atomic E-state index is 5.54. The number of ether oxygens (including phenoxy) is 2. The lowest BCUT2D eigenvalue weighted by Gasteiger charge is -2.13. The zero-order valence-corrected chi connectivity index (χ0v) is 11.5. The quantitative estimate of drug-likeness (QED) is 0.892. The molecule has 0 saturated carbocycles. The summed E-state index contributed by atoms with van der Waals surface area (Å²) >= 11 is 0. The van der Waals surface area contributed by atoms with Gasteiger partial charge in [-0.1, -0.05) is 0 Å². The highest BCUT2D eigenvalue weighted by atomic mass is 16.5. The van der Waals surface area contributed by atoms with Crippen molar-refractivity contribution < 1.29 is 9.47 Å². The van der Waals surface area contributed by atoms with Crippen LogP contribution >= 0.6 is 0 Å². The Kier molecular flexibility index (Phi) is 4.06. The van der Waals surface area contributed by atoms with Gasteiger partial charge in [-0.15, -0.1) is 0 Å². The molecule has 0 radical (unpaired) electrons. The first-order valence-electron chi connectivity index (χ1n) is 6.15. The number of imidazole rings is 1. The summed E-state index contributed by atoms with van der Waals surface area (Å²) in [6.07, 6.45) is 3.75. The van der Waals surface area contributed by atoms with E-state index in [1.165, 1.54) is 0 Å². The molecule has 0 fully saturated rings. The highest BCUT2D eigenvalue weighted by Gasteiger charge is 2.14. The molecule has 19 heavy (non-hydrogen) atoms. The van der Waals surface area contributed by atoms with Crippen molar-refractivity contribution in [3.63, 3.8) is 0 Å². The molecule has 0 unspecified atom stereocenters. The van der Waals surface area contributed by atoms with Crippen LogP contribution in [0.5, 0.6) is 11.5 Å². The smallest absolute Gasteiger partial charge is 0.134 e. The molecule has 0 amide bonds. The summed E-state index contributed by atoms with van der Waals surface area (Å²) in [4.78, 5) is 4.40. The number of aromatic nitrogens is 2. The second-order valence-corrected chi connectivity index (χ2v) is 4.26. The van der Waals surface area contributed by atoms with E-state index in [1.807, 2.05) is 29.8 Å². The van der Waals surface area contributed by atoms with Crippen LogP contribution in [0, 0.1) is 6.92 Å². The van der Waals surface area contributed by atoms with Gasteiger partial charge in [0.2, 0.25) is 0 Å². The van der Waals surface area contributed by atoms with Crippen molar-refractivity contribution in [1.29, 1.82) is 0 Å². The zero-order valence-electron chi connectivity index (χ0n) is 11.5. The number of nitrogens with zero attached hydrogens (tertiary/aromatic N) is 2. The highest BCUT2D eigenvalue weighted by molar-refractivity contribution is 5.71. The molecule has 1 aromatic carbocycles. The third-order valence-electron chi connectivity index (χ3n) is 3.08. The Morgan fingerprint density at radius 3 is 2.68 bits per heavy atom. The Morgan fingerprint density at radius 2 is 2.05 bits per heavy atom. The van der Waals surface area contributed by atoms with Gasteiger partial charge < -0.3 is 19.8 Å². The first-order chi connectivity index (χ1) is 9.21. The van der Waals surface area contributed by atoms with Crippen LogP contribution in [-0.4, -0.2) is 30.3 Å². The molecule has 5 nitrogen and oxygen atoms in total. The molecular formula is C14H19N3O2. The van der Waals surface area contributed by atoms with Crippen LogP contribution < -0.4 is 15.2 Å². The highest BCUT2D eigenvalue weighted by Crippen LogP contribution is 2.36. The normalized spacial score (nSPS) is 10.5. The Morgan fingerprint density at radius 1 is 1.26 bits per heavy atom. The minimum absolute atomic E-state index is 0.592. The Balaban J connectivity index is 2.46. The van der Waals surface area contributed by atoms with Crippen LogP contribution in [0.25, 0.3) is 11.3 Å². The summed E-state index contributed by atoms with van der Waals surface area (Å²) in [5.74, 6) is 1.60. The molecule has 2 aromatic rings. The summed E-state index contributed by atoms with van der Waals surface area (Å²) in [6, 6.07) is 3.88. The molecule has 0 aliphatic heterocycles. The molecule has 1 heterocycles. The van der Waals surface area contributed by atoms with E-state index >= 15 is 0 Å². The number of rotatable bonds is 5. The second-order valence-electron chi connectivity index (χ2n) is 4.26. The second kappa shape index (κ2) is 5.75. The zero-order chi connectivity index (χ0) is 13.8. The van der Waals surface area contributed by atoms with Gasteiger partial charge in [-0.2, -0.15) is 0 Å². The van der Waals surface area contributed by atoms with Crippen molar-refractivity contribution >= 4 is 0 Å². The van der Waals surface area contributed by atoms with Gasteiger partial charge >= 0.3 is 0 Å². The van der Waals surface area contributed by atoms with E-state index in [4.69, 9.17) is 15.2 Å². The average molecular weight is 261 g/mol. The Labute approximate surface area is 113 Å². The van der Waals surface area contributed by atoms with Gasteiger partial charge in [0, 0.05) is 30.4 Å². The van der Waals surface area contributed by atoms with E-state index in [-0.39, 0.29) is 0 Å². The minimum Gasteiger partial charge on any atom is -0.496 e. The summed E-state index contributed by atoms with van der Waals surface area (Å²) in [5.41, 5.74) is 8.33. The third-order valence-corrected chi connectivity index (χ3v) is 3.08. The molecule has 0 aliphatic carbocycles. The van der Waals surface area contributed by atoms with Crippen LogP contribution in [0.4, 0.5) is 0 Å². The third kappa shape index (κ3) is 2.56. The van der Waals surface area contributed by atoms with E-state index in [2.05, 4.69) is 4.98 Å². The standard InChI is InChI=1S/C14H19N3O2/c1-10-13(18-2)5-4-11(14(10)19-3)12-8-17(7-6-15)9-16-12/h4-5,8-9H,6-7,15H2,1-3H3. The number of nitrogens with two attached hydrogens (primary N) is 1. The van der Waals surface area contributed by atoms with Crippen molar-refractivity contribution in [3.8, 4) is 22.8 Å². The Hall–Kier alpha value is -2.01. The molecule has 102 valence electrons. The molecule has 0 bridgehead atoms. The van der Waals surface area contributed by atoms with Crippen LogP contribution in [0.3, 0.4) is 0 Å². The number of benzene rings is 1. The van der Waals surface area contributed by atoms with Gasteiger partial charge in [-0.05, 0) is 19.1 Å². The van der Waals surface area contributed by atoms with Crippen molar-refractivity contribution in [1.82, 2.24) is 9.55 Å². The lowest BCUT2D eigenvalue weighted by atomic mass is 10.1. The van der Waals surface area contributed by atoms with Gasteiger partial charge in [0.25, 0.3) is 0 Å². The molecule has 1 aromatic heterocycles. The lowest BCUT2D eigenvalue weighted by molar-refractivity contribution is 0.390. The van der Waals surface area contributed by atoms with Crippen LogP contribution in [0.15, 0.2) is 24.7 Å². The molecule has 2 rings (SSSR count). The van der Waals surface area contributed by atoms with Gasteiger partial charge in [-0.3, -0.25) is 0 Å².